The molecule has 2 rings (SSSR count). The van der Waals surface area contributed by atoms with Gasteiger partial charge in [-0.25, -0.2) is 0 Å². The van der Waals surface area contributed by atoms with Gasteiger partial charge in [-0.1, -0.05) is 0 Å². The van der Waals surface area contributed by atoms with E-state index in [4.69, 9.17) is 0 Å². The Morgan fingerprint density at radius 3 is 3.18 bits per heavy atom. The van der Waals surface area contributed by atoms with Crippen LogP contribution in [-0.4, -0.2) is 37.5 Å². The van der Waals surface area contributed by atoms with Crippen LogP contribution >= 0.6 is 11.3 Å². The summed E-state index contributed by atoms with van der Waals surface area (Å²) in [4.78, 5) is 13.9. The van der Waals surface area contributed by atoms with E-state index < -0.39 is 0 Å². The molecular formula is C13H20N2OS. The largest absolute Gasteiger partial charge is 0.345 e. The van der Waals surface area contributed by atoms with Crippen molar-refractivity contribution < 1.29 is 4.79 Å². The molecule has 0 aromatic carbocycles. The lowest BCUT2D eigenvalue weighted by molar-refractivity contribution is -0.129. The molecule has 1 aromatic rings. The quantitative estimate of drug-likeness (QED) is 0.885. The monoisotopic (exact) mass is 252 g/mol. The van der Waals surface area contributed by atoms with E-state index >= 15 is 0 Å². The van der Waals surface area contributed by atoms with Gasteiger partial charge in [-0.2, -0.15) is 11.3 Å². The Balaban J connectivity index is 1.78. The summed E-state index contributed by atoms with van der Waals surface area (Å²) in [6.07, 6.45) is 3.01. The van der Waals surface area contributed by atoms with Crippen LogP contribution in [0.4, 0.5) is 0 Å². The van der Waals surface area contributed by atoms with Crippen LogP contribution in [-0.2, 0) is 11.2 Å². The summed E-state index contributed by atoms with van der Waals surface area (Å²) < 4.78 is 0. The summed E-state index contributed by atoms with van der Waals surface area (Å²) >= 11 is 1.65. The van der Waals surface area contributed by atoms with E-state index in [-0.39, 0.29) is 5.91 Å². The Morgan fingerprint density at radius 1 is 1.65 bits per heavy atom. The predicted molar refractivity (Wildman–Crippen MR) is 71.3 cm³/mol. The maximum Gasteiger partial charge on any atom is 0.226 e. The zero-order valence-electron chi connectivity index (χ0n) is 10.3. The molecule has 1 N–H and O–H groups in total. The number of hydrogen-bond acceptors (Lipinski definition) is 3. The zero-order valence-corrected chi connectivity index (χ0v) is 11.1. The molecule has 1 aliphatic rings. The number of likely N-dealkylation sites (N-methyl/N-ethyl adjacent to an activating group) is 1. The standard InChI is InChI=1S/C13H20N2OS/c1-15(9-12-3-2-5-14-8-12)13(16)7-11-4-6-17-10-11/h4,6,10,12,14H,2-3,5,7-9H2,1H3/t12-/m0/s1. The summed E-state index contributed by atoms with van der Waals surface area (Å²) in [6.45, 7) is 3.06. The first-order valence-electron chi connectivity index (χ1n) is 6.21. The molecule has 1 atom stereocenters. The Bertz CT molecular complexity index is 344. The molecule has 1 fully saturated rings. The molecule has 17 heavy (non-hydrogen) atoms. The van der Waals surface area contributed by atoms with E-state index in [0.717, 1.165) is 25.2 Å². The van der Waals surface area contributed by atoms with Crippen molar-refractivity contribution in [2.45, 2.75) is 19.3 Å². The summed E-state index contributed by atoms with van der Waals surface area (Å²) in [6, 6.07) is 2.03. The summed E-state index contributed by atoms with van der Waals surface area (Å²) in [5.41, 5.74) is 1.13. The van der Waals surface area contributed by atoms with Crippen LogP contribution in [0.5, 0.6) is 0 Å². The molecule has 94 valence electrons. The first kappa shape index (κ1) is 12.6. The number of rotatable bonds is 4. The lowest BCUT2D eigenvalue weighted by Gasteiger charge is -2.27. The van der Waals surface area contributed by atoms with Crippen molar-refractivity contribution in [3.63, 3.8) is 0 Å². The molecule has 0 unspecified atom stereocenters. The third-order valence-corrected chi connectivity index (χ3v) is 4.02. The van der Waals surface area contributed by atoms with Crippen LogP contribution in [0, 0.1) is 5.92 Å². The minimum atomic E-state index is 0.231. The molecule has 1 aliphatic heterocycles. The highest BCUT2D eigenvalue weighted by atomic mass is 32.1. The van der Waals surface area contributed by atoms with E-state index in [1.165, 1.54) is 12.8 Å². The molecule has 3 nitrogen and oxygen atoms in total. The van der Waals surface area contributed by atoms with Crippen LogP contribution in [0.1, 0.15) is 18.4 Å². The Morgan fingerprint density at radius 2 is 2.53 bits per heavy atom. The fraction of sp³-hybridized carbons (Fsp3) is 0.615. The third kappa shape index (κ3) is 3.82. The predicted octanol–water partition coefficient (Wildman–Crippen LogP) is 1.75. The van der Waals surface area contributed by atoms with Crippen molar-refractivity contribution >= 4 is 17.2 Å². The van der Waals surface area contributed by atoms with Crippen molar-refractivity contribution in [2.24, 2.45) is 5.92 Å². The Labute approximate surface area is 107 Å². The topological polar surface area (TPSA) is 32.3 Å². The number of nitrogens with one attached hydrogen (secondary N) is 1. The van der Waals surface area contributed by atoms with E-state index in [1.54, 1.807) is 11.3 Å². The number of piperidine rings is 1. The van der Waals surface area contributed by atoms with E-state index in [2.05, 4.69) is 5.32 Å². The van der Waals surface area contributed by atoms with Crippen LogP contribution in [0.25, 0.3) is 0 Å². The van der Waals surface area contributed by atoms with Gasteiger partial charge >= 0.3 is 0 Å². The fourth-order valence-electron chi connectivity index (χ4n) is 2.27. The lowest BCUT2D eigenvalue weighted by Crippen LogP contribution is -2.39. The van der Waals surface area contributed by atoms with Crippen LogP contribution in [0.15, 0.2) is 16.8 Å². The average molecular weight is 252 g/mol. The van der Waals surface area contributed by atoms with Crippen molar-refractivity contribution in [2.75, 3.05) is 26.7 Å². The molecule has 2 heterocycles. The van der Waals surface area contributed by atoms with Gasteiger partial charge in [0.2, 0.25) is 5.91 Å². The van der Waals surface area contributed by atoms with Crippen molar-refractivity contribution in [1.82, 2.24) is 10.2 Å². The third-order valence-electron chi connectivity index (χ3n) is 3.29. The van der Waals surface area contributed by atoms with Crippen LogP contribution < -0.4 is 5.32 Å². The van der Waals surface area contributed by atoms with Crippen LogP contribution in [0.3, 0.4) is 0 Å². The Kier molecular flexibility index (Phi) is 4.57. The maximum absolute atomic E-state index is 12.0. The molecule has 0 saturated carbocycles. The van der Waals surface area contributed by atoms with Gasteiger partial charge in [-0.3, -0.25) is 4.79 Å². The molecule has 1 aromatic heterocycles. The number of amides is 1. The molecule has 0 radical (unpaired) electrons. The van der Waals surface area contributed by atoms with Crippen molar-refractivity contribution in [3.05, 3.63) is 22.4 Å². The van der Waals surface area contributed by atoms with Gasteiger partial charge in [-0.15, -0.1) is 0 Å². The van der Waals surface area contributed by atoms with Gasteiger partial charge in [0.15, 0.2) is 0 Å². The highest BCUT2D eigenvalue weighted by Gasteiger charge is 2.18. The van der Waals surface area contributed by atoms with E-state index in [0.29, 0.717) is 12.3 Å². The molecule has 0 bridgehead atoms. The highest BCUT2D eigenvalue weighted by molar-refractivity contribution is 7.07. The first-order valence-corrected chi connectivity index (χ1v) is 7.16. The summed E-state index contributed by atoms with van der Waals surface area (Å²) in [5.74, 6) is 0.856. The van der Waals surface area contributed by atoms with E-state index in [1.807, 2.05) is 28.8 Å². The minimum Gasteiger partial charge on any atom is -0.345 e. The van der Waals surface area contributed by atoms with Gasteiger partial charge < -0.3 is 10.2 Å². The molecule has 0 spiro atoms. The fourth-order valence-corrected chi connectivity index (χ4v) is 2.94. The second-order valence-corrected chi connectivity index (χ2v) is 5.58. The second-order valence-electron chi connectivity index (χ2n) is 4.80. The highest BCUT2D eigenvalue weighted by Crippen LogP contribution is 2.12. The molecular weight excluding hydrogens is 232 g/mol. The molecule has 4 heteroatoms. The average Bonchev–Trinajstić information content (AvgIpc) is 2.83. The SMILES string of the molecule is CN(C[C@H]1CCCNC1)C(=O)Cc1ccsc1. The number of carbonyl (C=O) groups excluding carboxylic acids is 1. The molecule has 1 saturated heterocycles. The first-order chi connectivity index (χ1) is 8.25. The normalized spacial score (nSPS) is 20.2. The molecule has 0 aliphatic carbocycles. The van der Waals surface area contributed by atoms with Gasteiger partial charge in [0.05, 0.1) is 6.42 Å². The van der Waals surface area contributed by atoms with Gasteiger partial charge in [0.1, 0.15) is 0 Å². The lowest BCUT2D eigenvalue weighted by atomic mass is 9.99. The molecule has 1 amide bonds. The summed E-state index contributed by atoms with van der Waals surface area (Å²) in [7, 11) is 1.92. The minimum absolute atomic E-state index is 0.231. The summed E-state index contributed by atoms with van der Waals surface area (Å²) in [5, 5.41) is 7.46. The van der Waals surface area contributed by atoms with Crippen molar-refractivity contribution in [1.29, 1.82) is 0 Å². The Hall–Kier alpha value is -0.870. The van der Waals surface area contributed by atoms with Crippen LogP contribution in [0.2, 0.25) is 0 Å². The number of nitrogens with zero attached hydrogens (tertiary/aromatic N) is 1. The van der Waals surface area contributed by atoms with Gasteiger partial charge in [0.25, 0.3) is 0 Å². The number of hydrogen-bond donors (Lipinski definition) is 1. The smallest absolute Gasteiger partial charge is 0.226 e. The van der Waals surface area contributed by atoms with Gasteiger partial charge in [-0.05, 0) is 54.2 Å². The zero-order chi connectivity index (χ0) is 12.1. The number of carbonyl (C=O) groups is 1. The van der Waals surface area contributed by atoms with Gasteiger partial charge in [0, 0.05) is 13.6 Å². The maximum atomic E-state index is 12.0. The van der Waals surface area contributed by atoms with Crippen molar-refractivity contribution in [3.8, 4) is 0 Å². The second kappa shape index (κ2) is 6.17. The number of thiophene rings is 1. The van der Waals surface area contributed by atoms with E-state index in [9.17, 15) is 4.79 Å².